The van der Waals surface area contributed by atoms with Crippen molar-refractivity contribution in [3.63, 3.8) is 0 Å². The van der Waals surface area contributed by atoms with Crippen LogP contribution in [0.5, 0.6) is 5.75 Å². The van der Waals surface area contributed by atoms with Crippen molar-refractivity contribution in [2.45, 2.75) is 70.4 Å². The maximum Gasteiger partial charge on any atom is 0.307 e. The molecule has 12 heteroatoms. The number of carboxylic acid groups (broad SMARTS) is 1. The molecule has 2 aliphatic rings. The van der Waals surface area contributed by atoms with Crippen molar-refractivity contribution < 1.29 is 38.6 Å². The van der Waals surface area contributed by atoms with E-state index in [9.17, 15) is 33.9 Å². The second-order valence-corrected chi connectivity index (χ2v) is 15.0. The minimum atomic E-state index is -1.15. The zero-order valence-electron chi connectivity index (χ0n) is 30.8. The number of ether oxygens (including phenoxy) is 1. The number of rotatable bonds is 11. The third kappa shape index (κ3) is 12.7. The number of hydrogen-bond donors (Lipinski definition) is 4. The Morgan fingerprint density at radius 1 is 0.782 bits per heavy atom. The summed E-state index contributed by atoms with van der Waals surface area (Å²) in [6.07, 6.45) is 1.15. The van der Waals surface area contributed by atoms with Crippen LogP contribution in [0.15, 0.2) is 96.4 Å². The maximum absolute atomic E-state index is 14.3. The number of aliphatic carboxylic acids is 1. The average Bonchev–Trinajstić information content (AvgIpc) is 3.69. The van der Waals surface area contributed by atoms with E-state index in [-0.39, 0.29) is 56.8 Å². The second kappa shape index (κ2) is 20.2. The molecule has 4 atom stereocenters. The number of Topliss-reactive ketones (excluding diaryl/α,β-unsaturated/α-hetero) is 2. The van der Waals surface area contributed by atoms with Gasteiger partial charge in [0.1, 0.15) is 18.4 Å². The predicted molar refractivity (Wildman–Crippen MR) is 210 cm³/mol. The van der Waals surface area contributed by atoms with Crippen molar-refractivity contribution in [1.82, 2.24) is 16.0 Å². The van der Waals surface area contributed by atoms with Crippen LogP contribution in [0.1, 0.15) is 55.0 Å². The molecule has 1 aromatic heterocycles. The van der Waals surface area contributed by atoms with Gasteiger partial charge in [0.15, 0.2) is 11.6 Å². The van der Waals surface area contributed by atoms with Crippen LogP contribution in [-0.4, -0.2) is 65.6 Å². The van der Waals surface area contributed by atoms with Crippen LogP contribution in [0, 0.1) is 11.8 Å². The number of unbranched alkanes of at least 4 members (excludes halogenated alkanes) is 1. The molecule has 0 spiro atoms. The molecule has 2 bridgehead atoms. The summed E-state index contributed by atoms with van der Waals surface area (Å²) in [6.45, 7) is 1.51. The lowest BCUT2D eigenvalue weighted by molar-refractivity contribution is -0.144. The summed E-state index contributed by atoms with van der Waals surface area (Å²) in [7, 11) is 0. The number of amides is 3. The van der Waals surface area contributed by atoms with E-state index in [1.54, 1.807) is 24.3 Å². The Bertz CT molecular complexity index is 1910. The molecule has 0 saturated carbocycles. The quantitative estimate of drug-likeness (QED) is 0.148. The Morgan fingerprint density at radius 2 is 1.49 bits per heavy atom. The molecule has 11 nitrogen and oxygen atoms in total. The standard InChI is InChI=1S/C43H47N3O8S/c1-28(47)44-20-6-5-11-38-40(49)26-34(43(52)53)22-29-14-18-36(19-15-29)54-27-35(48)24-33(25-37-10-7-21-55-37)41(50)46-39(42(51)45-38)23-30-12-16-32(17-13-30)31-8-3-2-4-9-31/h2-4,7-10,12-19,21,33-34,38-39H,5-6,11,20,22-27H2,1H3,(H,44,47)(H,45,51)(H,46,50)(H,52,53)/t33-,34+,38-,39+/m0/s1. The van der Waals surface area contributed by atoms with E-state index < -0.39 is 47.5 Å². The fourth-order valence-electron chi connectivity index (χ4n) is 6.59. The van der Waals surface area contributed by atoms with Crippen LogP contribution in [0.25, 0.3) is 11.1 Å². The van der Waals surface area contributed by atoms with E-state index in [4.69, 9.17) is 4.74 Å². The van der Waals surface area contributed by atoms with Crippen LogP contribution in [0.2, 0.25) is 0 Å². The zero-order valence-corrected chi connectivity index (χ0v) is 31.6. The summed E-state index contributed by atoms with van der Waals surface area (Å²) < 4.78 is 5.75. The maximum atomic E-state index is 14.3. The van der Waals surface area contributed by atoms with Crippen LogP contribution in [0.4, 0.5) is 0 Å². The van der Waals surface area contributed by atoms with E-state index in [1.165, 1.54) is 18.3 Å². The first-order chi connectivity index (χ1) is 26.5. The molecule has 3 amide bonds. The number of hydrogen-bond acceptors (Lipinski definition) is 8. The number of carbonyl (C=O) groups is 6. The number of ketones is 2. The number of fused-ring (bicyclic) bond motifs is 16. The number of thiophene rings is 1. The largest absolute Gasteiger partial charge is 0.486 e. The first-order valence-corrected chi connectivity index (χ1v) is 19.4. The third-order valence-corrected chi connectivity index (χ3v) is 10.5. The van der Waals surface area contributed by atoms with Crippen molar-refractivity contribution in [3.8, 4) is 16.9 Å². The van der Waals surface area contributed by atoms with E-state index in [0.717, 1.165) is 21.6 Å². The summed E-state index contributed by atoms with van der Waals surface area (Å²) >= 11 is 1.46. The van der Waals surface area contributed by atoms with Crippen molar-refractivity contribution in [3.05, 3.63) is 112 Å². The van der Waals surface area contributed by atoms with Crippen molar-refractivity contribution in [2.75, 3.05) is 13.2 Å². The van der Waals surface area contributed by atoms with E-state index in [0.29, 0.717) is 30.7 Å². The van der Waals surface area contributed by atoms with Gasteiger partial charge in [0.2, 0.25) is 17.7 Å². The number of nitrogens with one attached hydrogen (secondary N) is 3. The minimum Gasteiger partial charge on any atom is -0.486 e. The number of benzene rings is 3. The molecule has 0 saturated heterocycles. The molecule has 4 N–H and O–H groups in total. The number of carboxylic acids is 1. The van der Waals surface area contributed by atoms with Gasteiger partial charge in [0.05, 0.1) is 12.0 Å². The Labute approximate surface area is 324 Å². The highest BCUT2D eigenvalue weighted by molar-refractivity contribution is 7.09. The summed E-state index contributed by atoms with van der Waals surface area (Å²) in [5, 5.41) is 20.5. The molecule has 3 aromatic carbocycles. The lowest BCUT2D eigenvalue weighted by Gasteiger charge is -2.25. The van der Waals surface area contributed by atoms with Crippen LogP contribution in [0.3, 0.4) is 0 Å². The SMILES string of the molecule is CC(=O)NCCCC[C@@H]1NC(=O)[C@@H](Cc2ccc(-c3ccccc3)cc2)NC(=O)[C@H](Cc2cccs2)CC(=O)COc2ccc(cc2)C[C@@H](C(=O)O)CC1=O. The molecule has 0 aliphatic carbocycles. The molecule has 2 aliphatic heterocycles. The molecule has 55 heavy (non-hydrogen) atoms. The van der Waals surface area contributed by atoms with E-state index in [1.807, 2.05) is 72.1 Å². The highest BCUT2D eigenvalue weighted by Crippen LogP contribution is 2.23. The summed E-state index contributed by atoms with van der Waals surface area (Å²) in [6, 6.07) is 25.7. The molecule has 0 fully saturated rings. The van der Waals surface area contributed by atoms with Crippen LogP contribution < -0.4 is 20.7 Å². The Hall–Kier alpha value is -5.62. The van der Waals surface area contributed by atoms with Gasteiger partial charge in [-0.1, -0.05) is 72.8 Å². The Kier molecular flexibility index (Phi) is 14.9. The van der Waals surface area contributed by atoms with Gasteiger partial charge < -0.3 is 25.8 Å². The Balaban J connectivity index is 1.46. The van der Waals surface area contributed by atoms with E-state index >= 15 is 0 Å². The number of carbonyl (C=O) groups excluding carboxylic acids is 5. The molecule has 0 unspecified atom stereocenters. The van der Waals surface area contributed by atoms with Gasteiger partial charge in [0, 0.05) is 43.5 Å². The first-order valence-electron chi connectivity index (χ1n) is 18.5. The first kappa shape index (κ1) is 40.6. The highest BCUT2D eigenvalue weighted by atomic mass is 32.1. The lowest BCUT2D eigenvalue weighted by atomic mass is 9.90. The molecular weight excluding hydrogens is 719 g/mol. The summed E-state index contributed by atoms with van der Waals surface area (Å²) in [5.41, 5.74) is 3.42. The van der Waals surface area contributed by atoms with Crippen molar-refractivity contribution >= 4 is 46.6 Å². The second-order valence-electron chi connectivity index (χ2n) is 13.9. The third-order valence-electron chi connectivity index (χ3n) is 9.61. The normalized spacial score (nSPS) is 19.9. The van der Waals surface area contributed by atoms with Crippen LogP contribution >= 0.6 is 11.3 Å². The molecular formula is C43H47N3O8S. The minimum absolute atomic E-state index is 0.0611. The zero-order chi connectivity index (χ0) is 39.2. The van der Waals surface area contributed by atoms with Gasteiger partial charge in [-0.2, -0.15) is 0 Å². The van der Waals surface area contributed by atoms with Crippen molar-refractivity contribution in [1.29, 1.82) is 0 Å². The van der Waals surface area contributed by atoms with Crippen molar-refractivity contribution in [2.24, 2.45) is 11.8 Å². The molecule has 4 aromatic rings. The van der Waals surface area contributed by atoms with Gasteiger partial charge in [-0.05, 0) is 77.9 Å². The lowest BCUT2D eigenvalue weighted by Crippen LogP contribution is -2.54. The monoisotopic (exact) mass is 765 g/mol. The Morgan fingerprint density at radius 3 is 2.16 bits per heavy atom. The average molecular weight is 766 g/mol. The molecule has 3 heterocycles. The summed E-state index contributed by atoms with van der Waals surface area (Å²) in [4.78, 5) is 80.3. The van der Waals surface area contributed by atoms with Crippen LogP contribution in [-0.2, 0) is 48.0 Å². The van der Waals surface area contributed by atoms with Gasteiger partial charge in [-0.25, -0.2) is 0 Å². The predicted octanol–water partition coefficient (Wildman–Crippen LogP) is 5.35. The van der Waals surface area contributed by atoms with E-state index in [2.05, 4.69) is 16.0 Å². The summed E-state index contributed by atoms with van der Waals surface area (Å²) in [5.74, 6) is -4.65. The molecule has 288 valence electrons. The smallest absolute Gasteiger partial charge is 0.307 e. The highest BCUT2D eigenvalue weighted by Gasteiger charge is 2.32. The van der Waals surface area contributed by atoms with Gasteiger partial charge in [0.25, 0.3) is 0 Å². The topological polar surface area (TPSA) is 168 Å². The molecule has 6 rings (SSSR count). The van der Waals surface area contributed by atoms with Gasteiger partial charge >= 0.3 is 5.97 Å². The fourth-order valence-corrected chi connectivity index (χ4v) is 7.37. The molecule has 0 radical (unpaired) electrons. The van der Waals surface area contributed by atoms with Gasteiger partial charge in [-0.15, -0.1) is 11.3 Å². The fraction of sp³-hybridized carbons (Fsp3) is 0.349. The van der Waals surface area contributed by atoms with Gasteiger partial charge in [-0.3, -0.25) is 28.8 Å².